The predicted octanol–water partition coefficient (Wildman–Crippen LogP) is 1.41. The minimum absolute atomic E-state index is 0.656. The summed E-state index contributed by atoms with van der Waals surface area (Å²) in [6.07, 6.45) is 7.63. The lowest BCUT2D eigenvalue weighted by Gasteiger charge is -2.10. The lowest BCUT2D eigenvalue weighted by molar-refractivity contribution is 0.530. The molecule has 0 aliphatic carbocycles. The monoisotopic (exact) mass is 247 g/mol. The van der Waals surface area contributed by atoms with E-state index in [-0.39, 0.29) is 0 Å². The Morgan fingerprint density at radius 2 is 1.89 bits per heavy atom. The minimum atomic E-state index is 0.656. The first-order chi connectivity index (χ1) is 8.66. The van der Waals surface area contributed by atoms with E-state index in [1.165, 1.54) is 0 Å². The maximum absolute atomic E-state index is 4.39. The molecule has 1 N–H and O–H groups in total. The van der Waals surface area contributed by atoms with Gasteiger partial charge in [0.1, 0.15) is 11.6 Å². The third-order valence-electron chi connectivity index (χ3n) is 2.87. The molecule has 0 radical (unpaired) electrons. The third-order valence-corrected chi connectivity index (χ3v) is 2.87. The summed E-state index contributed by atoms with van der Waals surface area (Å²) in [5.41, 5.74) is 0. The van der Waals surface area contributed by atoms with Crippen LogP contribution in [0.1, 0.15) is 25.5 Å². The van der Waals surface area contributed by atoms with Crippen LogP contribution >= 0.6 is 0 Å². The van der Waals surface area contributed by atoms with E-state index < -0.39 is 0 Å². The van der Waals surface area contributed by atoms with E-state index in [0.717, 1.165) is 31.3 Å². The first-order valence-electron chi connectivity index (χ1n) is 6.33. The van der Waals surface area contributed by atoms with Crippen LogP contribution in [0, 0.1) is 5.92 Å². The smallest absolute Gasteiger partial charge is 0.128 e. The van der Waals surface area contributed by atoms with E-state index in [1.807, 2.05) is 36.4 Å². The lowest BCUT2D eigenvalue weighted by atomic mass is 10.2. The van der Waals surface area contributed by atoms with Crippen LogP contribution in [0.2, 0.25) is 0 Å². The van der Waals surface area contributed by atoms with E-state index in [1.54, 1.807) is 0 Å². The summed E-state index contributed by atoms with van der Waals surface area (Å²) in [4.78, 5) is 8.72. The Hall–Kier alpha value is -1.62. The average Bonchev–Trinajstić information content (AvgIpc) is 2.90. The Kier molecular flexibility index (Phi) is 4.15. The van der Waals surface area contributed by atoms with Crippen molar-refractivity contribution in [2.75, 3.05) is 6.54 Å². The van der Waals surface area contributed by atoms with Crippen molar-refractivity contribution in [3.63, 3.8) is 0 Å². The molecule has 2 aromatic heterocycles. The first kappa shape index (κ1) is 12.8. The average molecular weight is 247 g/mol. The summed E-state index contributed by atoms with van der Waals surface area (Å²) in [6, 6.07) is 0. The zero-order valence-electron chi connectivity index (χ0n) is 11.3. The highest BCUT2D eigenvalue weighted by molar-refractivity contribution is 4.99. The largest absolute Gasteiger partial charge is 0.337 e. The summed E-state index contributed by atoms with van der Waals surface area (Å²) in [5.74, 6) is 2.75. The SMILES string of the molecule is CC(C)CNCc1nccn1Cc1nccn1C. The molecule has 0 saturated carbocycles. The van der Waals surface area contributed by atoms with Crippen LogP contribution in [0.25, 0.3) is 0 Å². The quantitative estimate of drug-likeness (QED) is 0.839. The van der Waals surface area contributed by atoms with Crippen molar-refractivity contribution in [1.82, 2.24) is 24.4 Å². The molecular formula is C13H21N5. The van der Waals surface area contributed by atoms with Crippen LogP contribution < -0.4 is 5.32 Å². The molecule has 0 aromatic carbocycles. The molecular weight excluding hydrogens is 226 g/mol. The van der Waals surface area contributed by atoms with Gasteiger partial charge in [-0.05, 0) is 12.5 Å². The number of nitrogens with one attached hydrogen (secondary N) is 1. The van der Waals surface area contributed by atoms with Crippen molar-refractivity contribution in [3.8, 4) is 0 Å². The summed E-state index contributed by atoms with van der Waals surface area (Å²) in [5, 5.41) is 3.41. The number of rotatable bonds is 6. The summed E-state index contributed by atoms with van der Waals surface area (Å²) in [6.45, 7) is 6.98. The molecule has 0 aliphatic rings. The highest BCUT2D eigenvalue weighted by atomic mass is 15.1. The standard InChI is InChI=1S/C13H21N5/c1-11(2)8-14-9-12-15-5-7-18(12)10-13-16-4-6-17(13)3/h4-7,11,14H,8-10H2,1-3H3. The van der Waals surface area contributed by atoms with Crippen LogP contribution in [0.4, 0.5) is 0 Å². The molecule has 0 saturated heterocycles. The fourth-order valence-electron chi connectivity index (χ4n) is 1.83. The van der Waals surface area contributed by atoms with E-state index in [2.05, 4.69) is 33.7 Å². The van der Waals surface area contributed by atoms with Gasteiger partial charge in [0.2, 0.25) is 0 Å². The lowest BCUT2D eigenvalue weighted by Crippen LogP contribution is -2.22. The number of imidazole rings is 2. The fraction of sp³-hybridized carbons (Fsp3) is 0.538. The molecule has 0 aliphatic heterocycles. The summed E-state index contributed by atoms with van der Waals surface area (Å²) < 4.78 is 4.17. The van der Waals surface area contributed by atoms with Gasteiger partial charge in [-0.15, -0.1) is 0 Å². The van der Waals surface area contributed by atoms with Gasteiger partial charge in [-0.1, -0.05) is 13.8 Å². The zero-order chi connectivity index (χ0) is 13.0. The third kappa shape index (κ3) is 3.20. The summed E-state index contributed by atoms with van der Waals surface area (Å²) in [7, 11) is 2.01. The number of nitrogens with zero attached hydrogens (tertiary/aromatic N) is 4. The van der Waals surface area contributed by atoms with E-state index in [0.29, 0.717) is 5.92 Å². The first-order valence-corrected chi connectivity index (χ1v) is 6.33. The maximum Gasteiger partial charge on any atom is 0.128 e. The number of aromatic nitrogens is 4. The van der Waals surface area contributed by atoms with Gasteiger partial charge in [0, 0.05) is 31.8 Å². The Labute approximate surface area is 108 Å². The molecule has 98 valence electrons. The Balaban J connectivity index is 1.97. The van der Waals surface area contributed by atoms with Crippen molar-refractivity contribution < 1.29 is 0 Å². The second-order valence-electron chi connectivity index (χ2n) is 4.95. The Morgan fingerprint density at radius 1 is 1.17 bits per heavy atom. The van der Waals surface area contributed by atoms with Gasteiger partial charge in [0.15, 0.2) is 0 Å². The molecule has 0 unspecified atom stereocenters. The van der Waals surface area contributed by atoms with Gasteiger partial charge in [-0.3, -0.25) is 0 Å². The van der Waals surface area contributed by atoms with Crippen LogP contribution in [0.5, 0.6) is 0 Å². The van der Waals surface area contributed by atoms with Crippen molar-refractivity contribution in [1.29, 1.82) is 0 Å². The van der Waals surface area contributed by atoms with Gasteiger partial charge in [-0.25, -0.2) is 9.97 Å². The Bertz CT molecular complexity index is 483. The van der Waals surface area contributed by atoms with Crippen LogP contribution in [-0.4, -0.2) is 25.6 Å². The van der Waals surface area contributed by atoms with E-state index >= 15 is 0 Å². The molecule has 0 atom stereocenters. The van der Waals surface area contributed by atoms with Crippen molar-refractivity contribution in [3.05, 3.63) is 36.4 Å². The van der Waals surface area contributed by atoms with Gasteiger partial charge in [0.05, 0.1) is 13.1 Å². The molecule has 0 amide bonds. The minimum Gasteiger partial charge on any atom is -0.337 e. The van der Waals surface area contributed by atoms with Gasteiger partial charge in [0.25, 0.3) is 0 Å². The molecule has 5 nitrogen and oxygen atoms in total. The number of hydrogen-bond donors (Lipinski definition) is 1. The normalized spacial score (nSPS) is 11.3. The van der Waals surface area contributed by atoms with E-state index in [4.69, 9.17) is 0 Å². The van der Waals surface area contributed by atoms with Crippen molar-refractivity contribution in [2.24, 2.45) is 13.0 Å². The van der Waals surface area contributed by atoms with Gasteiger partial charge in [-0.2, -0.15) is 0 Å². The van der Waals surface area contributed by atoms with Crippen molar-refractivity contribution in [2.45, 2.75) is 26.9 Å². The highest BCUT2D eigenvalue weighted by Gasteiger charge is 2.06. The molecule has 0 bridgehead atoms. The molecule has 18 heavy (non-hydrogen) atoms. The molecule has 0 fully saturated rings. The number of hydrogen-bond acceptors (Lipinski definition) is 3. The molecule has 2 rings (SSSR count). The molecule has 5 heteroatoms. The topological polar surface area (TPSA) is 47.7 Å². The maximum atomic E-state index is 4.39. The molecule has 0 spiro atoms. The zero-order valence-corrected chi connectivity index (χ0v) is 11.3. The number of aryl methyl sites for hydroxylation is 1. The fourth-order valence-corrected chi connectivity index (χ4v) is 1.83. The van der Waals surface area contributed by atoms with Crippen LogP contribution in [-0.2, 0) is 20.1 Å². The Morgan fingerprint density at radius 3 is 2.56 bits per heavy atom. The van der Waals surface area contributed by atoms with E-state index in [9.17, 15) is 0 Å². The van der Waals surface area contributed by atoms with Crippen LogP contribution in [0.3, 0.4) is 0 Å². The highest BCUT2D eigenvalue weighted by Crippen LogP contribution is 2.03. The van der Waals surface area contributed by atoms with Crippen LogP contribution in [0.15, 0.2) is 24.8 Å². The summed E-state index contributed by atoms with van der Waals surface area (Å²) >= 11 is 0. The van der Waals surface area contributed by atoms with Gasteiger partial charge >= 0.3 is 0 Å². The van der Waals surface area contributed by atoms with Crippen molar-refractivity contribution >= 4 is 0 Å². The molecule has 2 heterocycles. The van der Waals surface area contributed by atoms with Gasteiger partial charge < -0.3 is 14.5 Å². The second kappa shape index (κ2) is 5.82. The molecule has 2 aromatic rings. The predicted molar refractivity (Wildman–Crippen MR) is 71.1 cm³/mol. The second-order valence-corrected chi connectivity index (χ2v) is 4.95.